The minimum atomic E-state index is -2.57. The van der Waals surface area contributed by atoms with Gasteiger partial charge in [-0.15, -0.1) is 0 Å². The molecule has 1 aliphatic rings. The standard InChI is InChI=1S/C13H14F3N3/c14-11-2-1-9(7-10(11)8-17)12(13(15)16)19-5-3-18-4-6-19/h1-2,7,12-13,18H,3-6H2/t12-/m1/s1. The summed E-state index contributed by atoms with van der Waals surface area (Å²) in [6.07, 6.45) is -2.57. The van der Waals surface area contributed by atoms with Gasteiger partial charge in [-0.2, -0.15) is 5.26 Å². The summed E-state index contributed by atoms with van der Waals surface area (Å²) in [5.74, 6) is -0.681. The lowest BCUT2D eigenvalue weighted by Gasteiger charge is -2.34. The van der Waals surface area contributed by atoms with E-state index in [2.05, 4.69) is 5.32 Å². The van der Waals surface area contributed by atoms with Crippen molar-refractivity contribution in [3.05, 3.63) is 35.1 Å². The van der Waals surface area contributed by atoms with Gasteiger partial charge in [0.15, 0.2) is 0 Å². The number of nitriles is 1. The zero-order valence-corrected chi connectivity index (χ0v) is 10.2. The van der Waals surface area contributed by atoms with Crippen LogP contribution in [0.2, 0.25) is 0 Å². The molecule has 1 fully saturated rings. The number of rotatable bonds is 3. The van der Waals surface area contributed by atoms with Crippen molar-refractivity contribution in [2.75, 3.05) is 26.2 Å². The Morgan fingerprint density at radius 1 is 1.26 bits per heavy atom. The highest BCUT2D eigenvalue weighted by molar-refractivity contribution is 5.36. The van der Waals surface area contributed by atoms with Crippen LogP contribution in [0.15, 0.2) is 18.2 Å². The first-order valence-electron chi connectivity index (χ1n) is 6.06. The van der Waals surface area contributed by atoms with Crippen LogP contribution in [-0.2, 0) is 0 Å². The molecular weight excluding hydrogens is 255 g/mol. The number of piperazine rings is 1. The van der Waals surface area contributed by atoms with E-state index in [4.69, 9.17) is 5.26 Å². The van der Waals surface area contributed by atoms with Crippen molar-refractivity contribution in [3.8, 4) is 6.07 Å². The van der Waals surface area contributed by atoms with Crippen molar-refractivity contribution < 1.29 is 13.2 Å². The van der Waals surface area contributed by atoms with Gasteiger partial charge in [0.25, 0.3) is 6.43 Å². The summed E-state index contributed by atoms with van der Waals surface area (Å²) in [7, 11) is 0. The van der Waals surface area contributed by atoms with Gasteiger partial charge >= 0.3 is 0 Å². The Morgan fingerprint density at radius 3 is 2.53 bits per heavy atom. The zero-order chi connectivity index (χ0) is 13.8. The van der Waals surface area contributed by atoms with E-state index < -0.39 is 18.3 Å². The molecule has 0 saturated carbocycles. The smallest absolute Gasteiger partial charge is 0.258 e. The maximum absolute atomic E-state index is 13.3. The molecule has 1 N–H and O–H groups in total. The molecule has 2 rings (SSSR count). The fourth-order valence-electron chi connectivity index (χ4n) is 2.29. The summed E-state index contributed by atoms with van der Waals surface area (Å²) >= 11 is 0. The number of halogens is 3. The van der Waals surface area contributed by atoms with Crippen molar-refractivity contribution >= 4 is 0 Å². The molecule has 6 heteroatoms. The molecule has 1 heterocycles. The van der Waals surface area contributed by atoms with Crippen LogP contribution in [0.3, 0.4) is 0 Å². The minimum Gasteiger partial charge on any atom is -0.314 e. The molecule has 0 aromatic heterocycles. The van der Waals surface area contributed by atoms with E-state index in [-0.39, 0.29) is 11.1 Å². The third-order valence-electron chi connectivity index (χ3n) is 3.24. The largest absolute Gasteiger partial charge is 0.314 e. The first-order chi connectivity index (χ1) is 9.13. The molecule has 1 atom stereocenters. The van der Waals surface area contributed by atoms with E-state index in [0.29, 0.717) is 26.2 Å². The van der Waals surface area contributed by atoms with E-state index >= 15 is 0 Å². The van der Waals surface area contributed by atoms with Gasteiger partial charge in [-0.3, -0.25) is 4.90 Å². The fourth-order valence-corrected chi connectivity index (χ4v) is 2.29. The molecule has 0 unspecified atom stereocenters. The molecule has 1 aromatic rings. The van der Waals surface area contributed by atoms with Crippen molar-refractivity contribution in [1.29, 1.82) is 5.26 Å². The number of alkyl halides is 2. The molecule has 0 amide bonds. The van der Waals surface area contributed by atoms with Crippen LogP contribution < -0.4 is 5.32 Å². The lowest BCUT2D eigenvalue weighted by molar-refractivity contribution is 0.0181. The van der Waals surface area contributed by atoms with Crippen LogP contribution >= 0.6 is 0 Å². The summed E-state index contributed by atoms with van der Waals surface area (Å²) in [6.45, 7) is 2.31. The summed E-state index contributed by atoms with van der Waals surface area (Å²) in [4.78, 5) is 1.66. The maximum Gasteiger partial charge on any atom is 0.258 e. The van der Waals surface area contributed by atoms with Gasteiger partial charge in [-0.25, -0.2) is 13.2 Å². The van der Waals surface area contributed by atoms with Gasteiger partial charge in [0.05, 0.1) is 11.6 Å². The fraction of sp³-hybridized carbons (Fsp3) is 0.462. The number of benzene rings is 1. The molecule has 1 saturated heterocycles. The van der Waals surface area contributed by atoms with Gasteiger partial charge < -0.3 is 5.32 Å². The van der Waals surface area contributed by atoms with Gasteiger partial charge in [0, 0.05) is 26.2 Å². The number of nitrogens with zero attached hydrogens (tertiary/aromatic N) is 2. The molecule has 0 aliphatic carbocycles. The highest BCUT2D eigenvalue weighted by atomic mass is 19.3. The van der Waals surface area contributed by atoms with Gasteiger partial charge in [0.2, 0.25) is 0 Å². The van der Waals surface area contributed by atoms with Gasteiger partial charge in [0.1, 0.15) is 11.9 Å². The zero-order valence-electron chi connectivity index (χ0n) is 10.2. The van der Waals surface area contributed by atoms with Crippen LogP contribution in [-0.4, -0.2) is 37.5 Å². The van der Waals surface area contributed by atoms with Crippen molar-refractivity contribution in [3.63, 3.8) is 0 Å². The second-order valence-electron chi connectivity index (χ2n) is 4.42. The predicted molar refractivity (Wildman–Crippen MR) is 64.3 cm³/mol. The van der Waals surface area contributed by atoms with Crippen molar-refractivity contribution in [2.24, 2.45) is 0 Å². The molecule has 1 aromatic carbocycles. The Morgan fingerprint density at radius 2 is 1.95 bits per heavy atom. The van der Waals surface area contributed by atoms with Crippen LogP contribution in [0.5, 0.6) is 0 Å². The third kappa shape index (κ3) is 3.06. The minimum absolute atomic E-state index is 0.196. The Kier molecular flexibility index (Phi) is 4.40. The second-order valence-corrected chi connectivity index (χ2v) is 4.42. The number of hydrogen-bond donors (Lipinski definition) is 1. The van der Waals surface area contributed by atoms with Crippen LogP contribution in [0.4, 0.5) is 13.2 Å². The highest BCUT2D eigenvalue weighted by Gasteiger charge is 2.30. The summed E-state index contributed by atoms with van der Waals surface area (Å²) < 4.78 is 39.8. The Bertz CT molecular complexity index is 479. The van der Waals surface area contributed by atoms with Gasteiger partial charge in [-0.1, -0.05) is 6.07 Å². The monoisotopic (exact) mass is 269 g/mol. The molecule has 102 valence electrons. The predicted octanol–water partition coefficient (Wildman–Crippen LogP) is 1.91. The number of hydrogen-bond acceptors (Lipinski definition) is 3. The van der Waals surface area contributed by atoms with Crippen molar-refractivity contribution in [2.45, 2.75) is 12.5 Å². The topological polar surface area (TPSA) is 39.1 Å². The summed E-state index contributed by atoms with van der Waals surface area (Å²) in [5, 5.41) is 11.9. The molecule has 1 aliphatic heterocycles. The number of nitrogens with one attached hydrogen (secondary N) is 1. The van der Waals surface area contributed by atoms with Crippen LogP contribution in [0.25, 0.3) is 0 Å². The third-order valence-corrected chi connectivity index (χ3v) is 3.24. The van der Waals surface area contributed by atoms with E-state index in [9.17, 15) is 13.2 Å². The van der Waals surface area contributed by atoms with Crippen LogP contribution in [0.1, 0.15) is 17.2 Å². The molecule has 0 spiro atoms. The maximum atomic E-state index is 13.3. The Labute approximate surface area is 109 Å². The lowest BCUT2D eigenvalue weighted by Crippen LogP contribution is -2.46. The van der Waals surface area contributed by atoms with E-state index in [1.54, 1.807) is 11.0 Å². The molecule has 19 heavy (non-hydrogen) atoms. The van der Waals surface area contributed by atoms with Gasteiger partial charge in [-0.05, 0) is 17.7 Å². The summed E-state index contributed by atoms with van der Waals surface area (Å²) in [5.41, 5.74) is 0.0909. The Hall–Kier alpha value is -1.58. The normalized spacial score (nSPS) is 18.3. The first kappa shape index (κ1) is 13.8. The summed E-state index contributed by atoms with van der Waals surface area (Å²) in [6, 6.07) is 4.21. The van der Waals surface area contributed by atoms with Crippen LogP contribution in [0, 0.1) is 17.1 Å². The second kappa shape index (κ2) is 6.04. The average Bonchev–Trinajstić information content (AvgIpc) is 2.41. The molecule has 3 nitrogen and oxygen atoms in total. The first-order valence-corrected chi connectivity index (χ1v) is 6.06. The Balaban J connectivity index is 2.31. The molecule has 0 bridgehead atoms. The highest BCUT2D eigenvalue weighted by Crippen LogP contribution is 2.28. The average molecular weight is 269 g/mol. The van der Waals surface area contributed by atoms with E-state index in [0.717, 1.165) is 6.07 Å². The molecular formula is C13H14F3N3. The quantitative estimate of drug-likeness (QED) is 0.911. The van der Waals surface area contributed by atoms with Crippen molar-refractivity contribution in [1.82, 2.24) is 10.2 Å². The SMILES string of the molecule is N#Cc1cc([C@H](C(F)F)N2CCNCC2)ccc1F. The van der Waals surface area contributed by atoms with E-state index in [1.165, 1.54) is 12.1 Å². The lowest BCUT2D eigenvalue weighted by atomic mass is 10.0. The molecule has 0 radical (unpaired) electrons. The van der Waals surface area contributed by atoms with E-state index in [1.807, 2.05) is 0 Å².